The van der Waals surface area contributed by atoms with Gasteiger partial charge in [0.05, 0.1) is 6.61 Å². The summed E-state index contributed by atoms with van der Waals surface area (Å²) in [5.74, 6) is -0.659. The molecule has 6 heteroatoms. The molecule has 0 aliphatic heterocycles. The maximum atomic E-state index is 12.9. The minimum Gasteiger partial charge on any atom is -0.454 e. The molecule has 0 bridgehead atoms. The fourth-order valence-electron chi connectivity index (χ4n) is 6.30. The summed E-state index contributed by atoms with van der Waals surface area (Å²) in [6.07, 6.45) is 41.1. The van der Waals surface area contributed by atoms with Crippen molar-refractivity contribution in [3.8, 4) is 0 Å². The lowest BCUT2D eigenvalue weighted by atomic mass is 9.95. The molecule has 0 aliphatic rings. The molecule has 0 aliphatic carbocycles. The fraction of sp³-hybridized carbons (Fsp3) is 0.867. The van der Waals surface area contributed by atoms with Gasteiger partial charge in [0.25, 0.3) is 0 Å². The first-order valence-electron chi connectivity index (χ1n) is 21.9. The van der Waals surface area contributed by atoms with Crippen LogP contribution in [0.25, 0.3) is 0 Å². The van der Waals surface area contributed by atoms with E-state index in [1.165, 1.54) is 116 Å². The highest BCUT2D eigenvalue weighted by atomic mass is 16.6. The topological polar surface area (TPSA) is 84.9 Å². The number of aliphatic hydroxyl groups excluding tert-OH is 1. The third-order valence-electron chi connectivity index (χ3n) is 10.4. The molecule has 0 aromatic rings. The van der Waals surface area contributed by atoms with Gasteiger partial charge in [0.1, 0.15) is 0 Å². The number of hydrogen-bond acceptors (Lipinski definition) is 6. The second-order valence-corrected chi connectivity index (χ2v) is 15.2. The lowest BCUT2D eigenvalue weighted by Crippen LogP contribution is -2.56. The molecule has 300 valence electrons. The largest absolute Gasteiger partial charge is 0.454 e. The molecule has 0 amide bonds. The lowest BCUT2D eigenvalue weighted by molar-refractivity contribution is -0.176. The van der Waals surface area contributed by atoms with Crippen molar-refractivity contribution in [1.82, 2.24) is 5.32 Å². The summed E-state index contributed by atoms with van der Waals surface area (Å²) in [7, 11) is 0. The van der Waals surface area contributed by atoms with E-state index in [4.69, 9.17) is 9.47 Å². The zero-order valence-electron chi connectivity index (χ0n) is 34.5. The number of ether oxygens (including phenoxy) is 2. The van der Waals surface area contributed by atoms with Gasteiger partial charge in [-0.1, -0.05) is 155 Å². The van der Waals surface area contributed by atoms with E-state index >= 15 is 0 Å². The highest BCUT2D eigenvalue weighted by Gasteiger charge is 2.33. The Labute approximate surface area is 316 Å². The molecule has 2 N–H and O–H groups in total. The quantitative estimate of drug-likeness (QED) is 0.0286. The third-order valence-corrected chi connectivity index (χ3v) is 10.4. The van der Waals surface area contributed by atoms with Gasteiger partial charge in [-0.2, -0.15) is 0 Å². The number of carbonyl (C=O) groups excluding carboxylic acids is 2. The Bertz CT molecular complexity index is 836. The molecule has 6 nitrogen and oxygen atoms in total. The van der Waals surface area contributed by atoms with E-state index in [-0.39, 0.29) is 17.5 Å². The van der Waals surface area contributed by atoms with Crippen molar-refractivity contribution in [2.24, 2.45) is 0 Å². The van der Waals surface area contributed by atoms with Crippen LogP contribution in [0.3, 0.4) is 0 Å². The van der Waals surface area contributed by atoms with Gasteiger partial charge in [0.15, 0.2) is 12.3 Å². The summed E-state index contributed by atoms with van der Waals surface area (Å²) in [6, 6.07) is 0. The van der Waals surface area contributed by atoms with Gasteiger partial charge in [-0.15, -0.1) is 0 Å². The molecular weight excluding hydrogens is 634 g/mol. The van der Waals surface area contributed by atoms with E-state index < -0.39 is 18.9 Å². The number of aliphatic hydroxyl groups is 1. The minimum absolute atomic E-state index is 0.308. The van der Waals surface area contributed by atoms with E-state index in [0.717, 1.165) is 64.2 Å². The molecule has 51 heavy (non-hydrogen) atoms. The Morgan fingerprint density at radius 1 is 0.529 bits per heavy atom. The van der Waals surface area contributed by atoms with Gasteiger partial charge in [-0.25, -0.2) is 0 Å². The second kappa shape index (κ2) is 36.7. The molecule has 0 heterocycles. The summed E-state index contributed by atoms with van der Waals surface area (Å²) in [5.41, 5.74) is -0.308. The van der Waals surface area contributed by atoms with E-state index in [0.29, 0.717) is 12.8 Å². The Morgan fingerprint density at radius 3 is 1.22 bits per heavy atom. The fourth-order valence-corrected chi connectivity index (χ4v) is 6.30. The van der Waals surface area contributed by atoms with Crippen molar-refractivity contribution in [2.45, 2.75) is 245 Å². The van der Waals surface area contributed by atoms with Crippen molar-refractivity contribution >= 4 is 11.9 Å². The van der Waals surface area contributed by atoms with Crippen LogP contribution in [-0.2, 0) is 19.1 Å². The van der Waals surface area contributed by atoms with E-state index in [1.807, 2.05) is 0 Å². The van der Waals surface area contributed by atoms with Crippen molar-refractivity contribution in [2.75, 3.05) is 6.61 Å². The maximum Gasteiger partial charge on any atom is 0.307 e. The summed E-state index contributed by atoms with van der Waals surface area (Å²) in [6.45, 7) is 10.3. The van der Waals surface area contributed by atoms with Crippen LogP contribution in [0.5, 0.6) is 0 Å². The molecule has 0 fully saturated rings. The van der Waals surface area contributed by atoms with Gasteiger partial charge in [-0.05, 0) is 84.0 Å². The first-order chi connectivity index (χ1) is 24.9. The number of hydrogen-bond donors (Lipinski definition) is 2. The molecule has 0 saturated carbocycles. The van der Waals surface area contributed by atoms with Gasteiger partial charge >= 0.3 is 11.9 Å². The maximum absolute atomic E-state index is 12.9. The molecule has 0 rings (SSSR count). The highest BCUT2D eigenvalue weighted by Crippen LogP contribution is 2.19. The smallest absolute Gasteiger partial charge is 0.307 e. The van der Waals surface area contributed by atoms with Crippen LogP contribution < -0.4 is 5.32 Å². The molecular formula is C45H85NO5. The summed E-state index contributed by atoms with van der Waals surface area (Å²) in [5, 5.41) is 13.6. The number of esters is 2. The molecule has 0 aromatic heterocycles. The monoisotopic (exact) mass is 720 g/mol. The normalized spacial score (nSPS) is 13.3. The first-order valence-corrected chi connectivity index (χ1v) is 21.9. The first kappa shape index (κ1) is 49.3. The van der Waals surface area contributed by atoms with E-state index in [9.17, 15) is 14.7 Å². The molecule has 2 atom stereocenters. The molecule has 0 saturated heterocycles. The highest BCUT2D eigenvalue weighted by molar-refractivity contribution is 5.70. The summed E-state index contributed by atoms with van der Waals surface area (Å²) >= 11 is 0. The average molecular weight is 720 g/mol. The summed E-state index contributed by atoms with van der Waals surface area (Å²) in [4.78, 5) is 25.6. The van der Waals surface area contributed by atoms with Crippen LogP contribution in [0.2, 0.25) is 0 Å². The van der Waals surface area contributed by atoms with E-state index in [2.05, 4.69) is 64.2 Å². The molecule has 0 spiro atoms. The minimum atomic E-state index is -0.934. The Kier molecular flexibility index (Phi) is 35.5. The Hall–Kier alpha value is -1.66. The number of nitrogens with one attached hydrogen (secondary N) is 1. The van der Waals surface area contributed by atoms with Crippen molar-refractivity contribution in [1.29, 1.82) is 0 Å². The zero-order chi connectivity index (χ0) is 37.7. The molecule has 0 aromatic carbocycles. The Morgan fingerprint density at radius 2 is 0.863 bits per heavy atom. The van der Waals surface area contributed by atoms with Crippen LogP contribution in [0, 0.1) is 0 Å². The van der Waals surface area contributed by atoms with Crippen LogP contribution >= 0.6 is 0 Å². The number of unbranched alkanes of at least 4 members (excludes halogenated alkanes) is 22. The number of rotatable bonds is 38. The van der Waals surface area contributed by atoms with Gasteiger partial charge < -0.3 is 14.6 Å². The van der Waals surface area contributed by atoms with Gasteiger partial charge in [-0.3, -0.25) is 14.9 Å². The van der Waals surface area contributed by atoms with Crippen LogP contribution in [0.1, 0.15) is 227 Å². The summed E-state index contributed by atoms with van der Waals surface area (Å²) < 4.78 is 11.6. The van der Waals surface area contributed by atoms with Crippen LogP contribution in [0.15, 0.2) is 24.3 Å². The van der Waals surface area contributed by atoms with Gasteiger partial charge in [0, 0.05) is 18.4 Å². The number of carbonyl (C=O) groups is 2. The van der Waals surface area contributed by atoms with Crippen LogP contribution in [0.4, 0.5) is 0 Å². The number of allylic oxidation sites excluding steroid dienone is 4. The third kappa shape index (κ3) is 31.6. The van der Waals surface area contributed by atoms with Crippen molar-refractivity contribution < 1.29 is 24.2 Å². The standard InChI is InChI=1S/C45H85NO5/c1-6-10-12-14-16-18-20-22-24-26-28-30-32-34-36-38-42(48)50-41(40-47)44(46-45(5,8-3)9-4)51-43(49)39-37-35-33-31-29-27-25-23-21-19-17-15-13-11-7-2/h22-25,41,44,46-47H,6-21,26-40H2,1-5H3. The molecule has 0 radical (unpaired) electrons. The second-order valence-electron chi connectivity index (χ2n) is 15.2. The SMILES string of the molecule is CCCCCCCCC=CCCCCCCCC(=O)OC(CO)C(NC(C)(CC)CC)OC(=O)CCCCCCCC=CCCCCCCCC. The zero-order valence-corrected chi connectivity index (χ0v) is 34.5. The molecule has 2 unspecified atom stereocenters. The van der Waals surface area contributed by atoms with Crippen molar-refractivity contribution in [3.05, 3.63) is 24.3 Å². The van der Waals surface area contributed by atoms with Crippen molar-refractivity contribution in [3.63, 3.8) is 0 Å². The average Bonchev–Trinajstić information content (AvgIpc) is 3.13. The predicted octanol–water partition coefficient (Wildman–Crippen LogP) is 13.0. The van der Waals surface area contributed by atoms with Gasteiger partial charge in [0.2, 0.25) is 0 Å². The Balaban J connectivity index is 4.35. The van der Waals surface area contributed by atoms with Crippen LogP contribution in [-0.4, -0.2) is 41.5 Å². The van der Waals surface area contributed by atoms with E-state index in [1.54, 1.807) is 0 Å². The lowest BCUT2D eigenvalue weighted by Gasteiger charge is -2.36. The predicted molar refractivity (Wildman–Crippen MR) is 218 cm³/mol.